The molecule has 1 aromatic carbocycles. The number of hydrogen-bond donors (Lipinski definition) is 3. The first-order chi connectivity index (χ1) is 14.7. The molecule has 0 spiro atoms. The van der Waals surface area contributed by atoms with E-state index in [9.17, 15) is 4.79 Å². The molecule has 1 heterocycles. The number of anilines is 1. The topological polar surface area (TPSA) is 69.8 Å². The van der Waals surface area contributed by atoms with E-state index in [1.807, 2.05) is 18.2 Å². The Morgan fingerprint density at radius 1 is 1.17 bits per heavy atom. The van der Waals surface area contributed by atoms with Crippen molar-refractivity contribution < 1.29 is 4.79 Å². The van der Waals surface area contributed by atoms with Crippen molar-refractivity contribution in [1.29, 1.82) is 0 Å². The van der Waals surface area contributed by atoms with Crippen LogP contribution in [-0.4, -0.2) is 29.0 Å². The van der Waals surface area contributed by atoms with Crippen LogP contribution >= 0.6 is 12.2 Å². The first-order valence-electron chi connectivity index (χ1n) is 11.4. The normalized spacial score (nSPS) is 21.8. The molecule has 160 valence electrons. The monoisotopic (exact) mass is 424 g/mol. The van der Waals surface area contributed by atoms with Crippen molar-refractivity contribution in [3.63, 3.8) is 0 Å². The average molecular weight is 425 g/mol. The molecule has 1 aromatic heterocycles. The molecule has 0 saturated heterocycles. The predicted molar refractivity (Wildman–Crippen MR) is 125 cm³/mol. The molecule has 0 atom stereocenters. The van der Waals surface area contributed by atoms with E-state index < -0.39 is 0 Å². The summed E-state index contributed by atoms with van der Waals surface area (Å²) in [5.41, 5.74) is 2.53. The highest BCUT2D eigenvalue weighted by Crippen LogP contribution is 2.30. The summed E-state index contributed by atoms with van der Waals surface area (Å²) in [5.74, 6) is 1.84. The highest BCUT2D eigenvalue weighted by molar-refractivity contribution is 7.71. The van der Waals surface area contributed by atoms with Crippen LogP contribution in [-0.2, 0) is 4.79 Å². The van der Waals surface area contributed by atoms with Crippen molar-refractivity contribution in [2.45, 2.75) is 57.8 Å². The van der Waals surface area contributed by atoms with Crippen LogP contribution in [0.2, 0.25) is 0 Å². The van der Waals surface area contributed by atoms with Gasteiger partial charge in [0.15, 0.2) is 4.77 Å². The predicted octanol–water partition coefficient (Wildman–Crippen LogP) is 5.52. The van der Waals surface area contributed by atoms with Crippen molar-refractivity contribution in [2.24, 2.45) is 11.8 Å². The molecule has 5 nitrogen and oxygen atoms in total. The van der Waals surface area contributed by atoms with E-state index in [0.717, 1.165) is 61.9 Å². The second-order valence-corrected chi connectivity index (χ2v) is 9.07. The Kier molecular flexibility index (Phi) is 7.16. The fourth-order valence-corrected chi connectivity index (χ4v) is 4.93. The van der Waals surface area contributed by atoms with Crippen molar-refractivity contribution >= 4 is 34.8 Å². The van der Waals surface area contributed by atoms with Gasteiger partial charge in [0.25, 0.3) is 0 Å². The third-order valence-corrected chi connectivity index (χ3v) is 6.74. The van der Waals surface area contributed by atoms with E-state index in [2.05, 4.69) is 32.7 Å². The Labute approximate surface area is 183 Å². The molecule has 30 heavy (non-hydrogen) atoms. The zero-order chi connectivity index (χ0) is 20.8. The first kappa shape index (κ1) is 21.0. The smallest absolute Gasteiger partial charge is 0.223 e. The van der Waals surface area contributed by atoms with Crippen molar-refractivity contribution in [2.75, 3.05) is 18.4 Å². The van der Waals surface area contributed by atoms with Crippen molar-refractivity contribution in [3.8, 4) is 0 Å². The number of amides is 1. The lowest BCUT2D eigenvalue weighted by atomic mass is 9.81. The Hall–Kier alpha value is -2.21. The molecule has 0 radical (unpaired) electrons. The summed E-state index contributed by atoms with van der Waals surface area (Å²) < 4.78 is 0.501. The zero-order valence-electron chi connectivity index (χ0n) is 17.6. The molecule has 1 amide bonds. The maximum atomic E-state index is 12.5. The highest BCUT2D eigenvalue weighted by atomic mass is 32.1. The third kappa shape index (κ3) is 5.48. The largest absolute Gasteiger partial charge is 0.369 e. The number of para-hydroxylation sites is 1. The van der Waals surface area contributed by atoms with Gasteiger partial charge in [0, 0.05) is 24.4 Å². The van der Waals surface area contributed by atoms with Crippen LogP contribution in [0.4, 0.5) is 5.82 Å². The SMILES string of the molecule is O=C(NCCC1=CCCCC1)C1CCC(CNc2nc(=S)[nH]c3ccccc23)CC1. The Balaban J connectivity index is 1.22. The molecular formula is C24H32N4OS. The van der Waals surface area contributed by atoms with E-state index in [1.54, 1.807) is 0 Å². The van der Waals surface area contributed by atoms with E-state index in [0.29, 0.717) is 10.7 Å². The molecule has 2 aliphatic rings. The molecule has 2 aromatic rings. The lowest BCUT2D eigenvalue weighted by molar-refractivity contribution is -0.126. The minimum absolute atomic E-state index is 0.172. The van der Waals surface area contributed by atoms with Crippen LogP contribution in [0.25, 0.3) is 10.9 Å². The summed E-state index contributed by atoms with van der Waals surface area (Å²) in [6.45, 7) is 1.66. The average Bonchev–Trinajstić information content (AvgIpc) is 2.78. The number of H-pyrrole nitrogens is 1. The summed E-state index contributed by atoms with van der Waals surface area (Å²) in [4.78, 5) is 20.2. The van der Waals surface area contributed by atoms with Gasteiger partial charge in [-0.25, -0.2) is 4.98 Å². The highest BCUT2D eigenvalue weighted by Gasteiger charge is 2.26. The maximum Gasteiger partial charge on any atom is 0.223 e. The fraction of sp³-hybridized carbons (Fsp3) is 0.542. The molecule has 4 rings (SSSR count). The van der Waals surface area contributed by atoms with E-state index in [4.69, 9.17) is 12.2 Å². The van der Waals surface area contributed by atoms with Gasteiger partial charge >= 0.3 is 0 Å². The van der Waals surface area contributed by atoms with Gasteiger partial charge in [-0.05, 0) is 88.1 Å². The van der Waals surface area contributed by atoms with Crippen LogP contribution in [0.5, 0.6) is 0 Å². The fourth-order valence-electron chi connectivity index (χ4n) is 4.73. The van der Waals surface area contributed by atoms with Crippen LogP contribution in [0, 0.1) is 16.6 Å². The van der Waals surface area contributed by atoms with Gasteiger partial charge < -0.3 is 15.6 Å². The van der Waals surface area contributed by atoms with Gasteiger partial charge in [-0.1, -0.05) is 23.8 Å². The van der Waals surface area contributed by atoms with Gasteiger partial charge in [0.1, 0.15) is 5.82 Å². The standard InChI is InChI=1S/C24H32N4OS/c29-23(25-15-14-17-6-2-1-3-7-17)19-12-10-18(11-13-19)16-26-22-20-8-4-5-9-21(20)27-24(30)28-22/h4-6,8-9,18-19H,1-3,7,10-16H2,(H,25,29)(H2,26,27,28,30). The second-order valence-electron chi connectivity index (χ2n) is 8.68. The minimum atomic E-state index is 0.172. The molecule has 6 heteroatoms. The Bertz CT molecular complexity index is 959. The van der Waals surface area contributed by atoms with Gasteiger partial charge in [0.2, 0.25) is 5.91 Å². The minimum Gasteiger partial charge on any atom is -0.369 e. The van der Waals surface area contributed by atoms with Gasteiger partial charge in [0.05, 0.1) is 5.52 Å². The van der Waals surface area contributed by atoms with E-state index >= 15 is 0 Å². The lowest BCUT2D eigenvalue weighted by Gasteiger charge is -2.28. The molecule has 1 fully saturated rings. The molecule has 0 bridgehead atoms. The van der Waals surface area contributed by atoms with Crippen molar-refractivity contribution in [1.82, 2.24) is 15.3 Å². The molecule has 1 saturated carbocycles. The number of nitrogens with zero attached hydrogens (tertiary/aromatic N) is 1. The van der Waals surface area contributed by atoms with Crippen LogP contribution in [0.3, 0.4) is 0 Å². The first-order valence-corrected chi connectivity index (χ1v) is 11.8. The van der Waals surface area contributed by atoms with Crippen molar-refractivity contribution in [3.05, 3.63) is 40.7 Å². The number of carbonyl (C=O) groups is 1. The molecule has 0 aliphatic heterocycles. The third-order valence-electron chi connectivity index (χ3n) is 6.54. The number of allylic oxidation sites excluding steroid dienone is 1. The van der Waals surface area contributed by atoms with Gasteiger partial charge in [-0.15, -0.1) is 0 Å². The van der Waals surface area contributed by atoms with E-state index in [1.165, 1.54) is 31.3 Å². The van der Waals surface area contributed by atoms with Gasteiger partial charge in [-0.2, -0.15) is 0 Å². The number of aromatic amines is 1. The van der Waals surface area contributed by atoms with E-state index in [-0.39, 0.29) is 11.8 Å². The number of aromatic nitrogens is 2. The number of rotatable bonds is 7. The number of fused-ring (bicyclic) bond motifs is 1. The lowest BCUT2D eigenvalue weighted by Crippen LogP contribution is -2.34. The summed E-state index contributed by atoms with van der Waals surface area (Å²) in [6.07, 6.45) is 12.5. The van der Waals surface area contributed by atoms with Crippen LogP contribution in [0.1, 0.15) is 57.8 Å². The van der Waals surface area contributed by atoms with Crippen LogP contribution in [0.15, 0.2) is 35.9 Å². The van der Waals surface area contributed by atoms with Crippen LogP contribution < -0.4 is 10.6 Å². The molecular weight excluding hydrogens is 392 g/mol. The zero-order valence-corrected chi connectivity index (χ0v) is 18.4. The summed E-state index contributed by atoms with van der Waals surface area (Å²) in [5, 5.41) is 7.75. The number of carbonyl (C=O) groups excluding carboxylic acids is 1. The van der Waals surface area contributed by atoms with Gasteiger partial charge in [-0.3, -0.25) is 4.79 Å². The summed E-state index contributed by atoms with van der Waals surface area (Å²) in [6, 6.07) is 8.09. The Morgan fingerprint density at radius 2 is 2.00 bits per heavy atom. The second kappa shape index (κ2) is 10.2. The quantitative estimate of drug-likeness (QED) is 0.404. The number of hydrogen-bond acceptors (Lipinski definition) is 4. The molecule has 0 unspecified atom stereocenters. The summed E-state index contributed by atoms with van der Waals surface area (Å²) >= 11 is 5.26. The number of benzene rings is 1. The maximum absolute atomic E-state index is 12.5. The molecule has 2 aliphatic carbocycles. The number of nitrogens with one attached hydrogen (secondary N) is 3. The molecule has 3 N–H and O–H groups in total. The Morgan fingerprint density at radius 3 is 2.80 bits per heavy atom. The summed E-state index contributed by atoms with van der Waals surface area (Å²) in [7, 11) is 0.